The van der Waals surface area contributed by atoms with E-state index in [0.29, 0.717) is 30.0 Å². The minimum atomic E-state index is -0.791. The van der Waals surface area contributed by atoms with Gasteiger partial charge in [-0.05, 0) is 31.0 Å². The fourth-order valence-corrected chi connectivity index (χ4v) is 4.09. The lowest BCUT2D eigenvalue weighted by atomic mass is 10.0. The first-order valence-corrected chi connectivity index (χ1v) is 9.38. The van der Waals surface area contributed by atoms with Crippen LogP contribution in [0.25, 0.3) is 16.9 Å². The first-order valence-electron chi connectivity index (χ1n) is 9.38. The Balaban J connectivity index is 1.30. The molecule has 2 saturated heterocycles. The molecule has 0 amide bonds. The number of hydrogen-bond donors (Lipinski definition) is 2. The van der Waals surface area contributed by atoms with Crippen molar-refractivity contribution in [1.82, 2.24) is 25.1 Å². The number of ether oxygens (including phenoxy) is 1. The number of nitrogens with one attached hydrogen (secondary N) is 1. The molecule has 3 aromatic rings. The number of benzene rings is 1. The molecule has 0 radical (unpaired) electrons. The monoisotopic (exact) mass is 381 g/mol. The second-order valence-corrected chi connectivity index (χ2v) is 7.36. The van der Waals surface area contributed by atoms with Crippen molar-refractivity contribution in [1.29, 1.82) is 0 Å². The fourth-order valence-electron chi connectivity index (χ4n) is 4.09. The molecular weight excluding hydrogens is 361 g/mol. The van der Waals surface area contributed by atoms with E-state index in [9.17, 15) is 9.50 Å². The van der Waals surface area contributed by atoms with Gasteiger partial charge in [-0.3, -0.25) is 0 Å². The Labute approximate surface area is 161 Å². The maximum absolute atomic E-state index is 13.8. The summed E-state index contributed by atoms with van der Waals surface area (Å²) >= 11 is 0. The van der Waals surface area contributed by atoms with Crippen molar-refractivity contribution in [3.8, 4) is 28.6 Å². The molecule has 0 spiro atoms. The molecule has 28 heavy (non-hydrogen) atoms. The molecule has 4 atom stereocenters. The Hall–Kier alpha value is -3.00. The molecule has 2 N–H and O–H groups in total. The summed E-state index contributed by atoms with van der Waals surface area (Å²) in [6.07, 6.45) is 6.27. The summed E-state index contributed by atoms with van der Waals surface area (Å²) in [7, 11) is 0. The highest BCUT2D eigenvalue weighted by Crippen LogP contribution is 2.32. The van der Waals surface area contributed by atoms with Gasteiger partial charge in [-0.25, -0.2) is 9.37 Å². The minimum Gasteiger partial charge on any atom is -0.507 e. The molecule has 2 aliphatic heterocycles. The molecule has 0 unspecified atom stereocenters. The Morgan fingerprint density at radius 1 is 1.14 bits per heavy atom. The maximum Gasteiger partial charge on any atom is 0.233 e. The Morgan fingerprint density at radius 2 is 2.07 bits per heavy atom. The number of aromatic hydroxyl groups is 1. The van der Waals surface area contributed by atoms with Gasteiger partial charge in [0, 0.05) is 48.6 Å². The topological polar surface area (TPSA) is 85.1 Å². The van der Waals surface area contributed by atoms with Gasteiger partial charge < -0.3 is 19.7 Å². The Morgan fingerprint density at radius 3 is 2.79 bits per heavy atom. The van der Waals surface area contributed by atoms with Gasteiger partial charge in [-0.2, -0.15) is 0 Å². The number of fused-ring (bicyclic) bond motifs is 2. The van der Waals surface area contributed by atoms with Crippen LogP contribution < -0.4 is 10.1 Å². The normalized spacial score (nSPS) is 26.3. The second-order valence-electron chi connectivity index (χ2n) is 7.36. The third kappa shape index (κ3) is 3.20. The van der Waals surface area contributed by atoms with Gasteiger partial charge in [0.15, 0.2) is 0 Å². The summed E-state index contributed by atoms with van der Waals surface area (Å²) in [4.78, 5) is 4.00. The number of nitrogens with zero attached hydrogens (tertiary/aromatic N) is 4. The van der Waals surface area contributed by atoms with E-state index < -0.39 is 6.17 Å². The summed E-state index contributed by atoms with van der Waals surface area (Å²) in [5, 5.41) is 22.0. The highest BCUT2D eigenvalue weighted by Gasteiger charge is 2.41. The van der Waals surface area contributed by atoms with Gasteiger partial charge in [-0.1, -0.05) is 0 Å². The number of alkyl halides is 1. The number of halogens is 1. The van der Waals surface area contributed by atoms with Crippen molar-refractivity contribution < 1.29 is 14.2 Å². The van der Waals surface area contributed by atoms with Gasteiger partial charge in [0.2, 0.25) is 5.88 Å². The van der Waals surface area contributed by atoms with Crippen LogP contribution in [-0.4, -0.2) is 49.2 Å². The minimum absolute atomic E-state index is 0.0555. The molecular formula is C20H20FN5O2. The number of rotatable bonds is 4. The molecule has 2 bridgehead atoms. The zero-order chi connectivity index (χ0) is 19.1. The number of aromatic nitrogens is 4. The first-order chi connectivity index (χ1) is 13.7. The molecule has 4 heterocycles. The second kappa shape index (κ2) is 6.87. The van der Waals surface area contributed by atoms with Gasteiger partial charge in [0.05, 0.1) is 17.7 Å². The van der Waals surface area contributed by atoms with E-state index in [1.807, 2.05) is 6.07 Å². The predicted molar refractivity (Wildman–Crippen MR) is 100 cm³/mol. The largest absolute Gasteiger partial charge is 0.507 e. The van der Waals surface area contributed by atoms with E-state index in [2.05, 4.69) is 20.5 Å². The first kappa shape index (κ1) is 17.1. The average molecular weight is 381 g/mol. The summed E-state index contributed by atoms with van der Waals surface area (Å²) in [5.74, 6) is 0.526. The smallest absolute Gasteiger partial charge is 0.233 e. The number of hydrogen-bond acceptors (Lipinski definition) is 6. The maximum atomic E-state index is 13.8. The summed E-state index contributed by atoms with van der Waals surface area (Å²) in [5.41, 5.74) is 1.94. The predicted octanol–water partition coefficient (Wildman–Crippen LogP) is 2.64. The SMILES string of the molecule is Oc1cc(-n2ccnc2)ccc1-c1ccc(O[C@H]2C[C@@H]3C[C@@H](F)[C@H](C2)N3)nn1. The Kier molecular flexibility index (Phi) is 4.20. The molecule has 2 fully saturated rings. The van der Waals surface area contributed by atoms with Gasteiger partial charge >= 0.3 is 0 Å². The summed E-state index contributed by atoms with van der Waals surface area (Å²) in [6.45, 7) is 0. The highest BCUT2D eigenvalue weighted by molar-refractivity contribution is 5.68. The van der Waals surface area contributed by atoms with Crippen LogP contribution in [0.15, 0.2) is 49.1 Å². The molecule has 2 aromatic heterocycles. The van der Waals surface area contributed by atoms with Crippen LogP contribution in [0.4, 0.5) is 4.39 Å². The van der Waals surface area contributed by atoms with Gasteiger partial charge in [-0.15, -0.1) is 10.2 Å². The van der Waals surface area contributed by atoms with Crippen LogP contribution in [0.3, 0.4) is 0 Å². The summed E-state index contributed by atoms with van der Waals surface area (Å²) in [6, 6.07) is 8.88. The van der Waals surface area contributed by atoms with Crippen LogP contribution in [-0.2, 0) is 0 Å². The average Bonchev–Trinajstić information content (AvgIpc) is 3.31. The van der Waals surface area contributed by atoms with Crippen LogP contribution in [0.5, 0.6) is 11.6 Å². The molecule has 0 saturated carbocycles. The van der Waals surface area contributed by atoms with E-state index in [0.717, 1.165) is 12.1 Å². The van der Waals surface area contributed by atoms with E-state index in [4.69, 9.17) is 4.74 Å². The van der Waals surface area contributed by atoms with Crippen LogP contribution in [0.1, 0.15) is 19.3 Å². The van der Waals surface area contributed by atoms with E-state index in [1.165, 1.54) is 0 Å². The number of phenolic OH excluding ortho intramolecular Hbond substituents is 1. The van der Waals surface area contributed by atoms with Crippen molar-refractivity contribution in [2.75, 3.05) is 0 Å². The Bertz CT molecular complexity index is 961. The van der Waals surface area contributed by atoms with Crippen molar-refractivity contribution in [3.63, 3.8) is 0 Å². The van der Waals surface area contributed by atoms with E-state index in [1.54, 1.807) is 47.6 Å². The number of phenols is 1. The van der Waals surface area contributed by atoms with E-state index >= 15 is 0 Å². The molecule has 0 aliphatic carbocycles. The van der Waals surface area contributed by atoms with Crippen molar-refractivity contribution in [3.05, 3.63) is 49.1 Å². The lowest BCUT2D eigenvalue weighted by Crippen LogP contribution is -2.44. The van der Waals surface area contributed by atoms with Crippen molar-refractivity contribution in [2.45, 2.75) is 43.6 Å². The highest BCUT2D eigenvalue weighted by atomic mass is 19.1. The number of imidazole rings is 1. The fraction of sp³-hybridized carbons (Fsp3) is 0.350. The van der Waals surface area contributed by atoms with Gasteiger partial charge in [0.1, 0.15) is 18.0 Å². The van der Waals surface area contributed by atoms with Crippen LogP contribution in [0.2, 0.25) is 0 Å². The van der Waals surface area contributed by atoms with E-state index in [-0.39, 0.29) is 23.9 Å². The lowest BCUT2D eigenvalue weighted by molar-refractivity contribution is 0.123. The van der Waals surface area contributed by atoms with Crippen LogP contribution in [0, 0.1) is 0 Å². The molecule has 8 heteroatoms. The molecule has 144 valence electrons. The zero-order valence-corrected chi connectivity index (χ0v) is 15.1. The van der Waals surface area contributed by atoms with Gasteiger partial charge in [0.25, 0.3) is 0 Å². The molecule has 2 aliphatic rings. The van der Waals surface area contributed by atoms with Crippen LogP contribution >= 0.6 is 0 Å². The van der Waals surface area contributed by atoms with Crippen molar-refractivity contribution in [2.24, 2.45) is 0 Å². The summed E-state index contributed by atoms with van der Waals surface area (Å²) < 4.78 is 21.5. The lowest BCUT2D eigenvalue weighted by Gasteiger charge is -2.28. The zero-order valence-electron chi connectivity index (χ0n) is 15.1. The van der Waals surface area contributed by atoms with Crippen molar-refractivity contribution >= 4 is 0 Å². The third-order valence-electron chi connectivity index (χ3n) is 5.45. The quantitative estimate of drug-likeness (QED) is 0.723. The number of piperidine rings is 1. The molecule has 5 rings (SSSR count). The molecule has 7 nitrogen and oxygen atoms in total. The standard InChI is InChI=1S/C20H20FN5O2/c21-16-8-12-7-14(10-18(16)23-12)28-20-4-3-17(24-25-20)15-2-1-13(9-19(15)27)26-6-5-22-11-26/h1-6,9,11-12,14,16,18,23,27H,7-8,10H2/t12-,14+,16-,18+/m1/s1. The molecule has 1 aromatic carbocycles. The third-order valence-corrected chi connectivity index (χ3v) is 5.45.